The third kappa shape index (κ3) is 3.36. The molecule has 20 heavy (non-hydrogen) atoms. The zero-order chi connectivity index (χ0) is 14.7. The number of hydrogen-bond donors (Lipinski definition) is 1. The van der Waals surface area contributed by atoms with Crippen LogP contribution in [0.4, 0.5) is 4.39 Å². The Kier molecular flexibility index (Phi) is 4.39. The highest BCUT2D eigenvalue weighted by molar-refractivity contribution is 9.10. The molecule has 2 aromatic rings. The molecule has 3 nitrogen and oxygen atoms in total. The topological polar surface area (TPSA) is 46.5 Å². The van der Waals surface area contributed by atoms with Crippen LogP contribution in [0.5, 0.6) is 5.75 Å². The van der Waals surface area contributed by atoms with Gasteiger partial charge in [-0.3, -0.25) is 0 Å². The van der Waals surface area contributed by atoms with Crippen LogP contribution in [0.15, 0.2) is 40.9 Å². The van der Waals surface area contributed by atoms with Crippen LogP contribution in [0, 0.1) is 12.7 Å². The van der Waals surface area contributed by atoms with Crippen LogP contribution in [-0.2, 0) is 6.61 Å². The number of carbonyl (C=O) groups is 1. The molecular formula is C15H12BrFO3. The van der Waals surface area contributed by atoms with E-state index in [4.69, 9.17) is 9.84 Å². The predicted molar refractivity (Wildman–Crippen MR) is 76.6 cm³/mol. The van der Waals surface area contributed by atoms with Crippen molar-refractivity contribution in [3.63, 3.8) is 0 Å². The first kappa shape index (κ1) is 14.5. The maximum Gasteiger partial charge on any atom is 0.335 e. The van der Waals surface area contributed by atoms with Gasteiger partial charge in [-0.05, 0) is 58.2 Å². The Balaban J connectivity index is 2.15. The van der Waals surface area contributed by atoms with E-state index in [9.17, 15) is 9.18 Å². The van der Waals surface area contributed by atoms with E-state index in [2.05, 4.69) is 15.9 Å². The van der Waals surface area contributed by atoms with Crippen LogP contribution >= 0.6 is 15.9 Å². The Hall–Kier alpha value is -1.88. The van der Waals surface area contributed by atoms with Crippen molar-refractivity contribution in [2.75, 3.05) is 0 Å². The van der Waals surface area contributed by atoms with E-state index in [0.717, 1.165) is 11.1 Å². The molecular weight excluding hydrogens is 327 g/mol. The third-order valence-electron chi connectivity index (χ3n) is 2.87. The van der Waals surface area contributed by atoms with E-state index in [1.54, 1.807) is 18.2 Å². The SMILES string of the molecule is Cc1cc(C(=O)O)ccc1COc1cc(F)ccc1Br. The Bertz CT molecular complexity index is 656. The number of ether oxygens (including phenoxy) is 1. The summed E-state index contributed by atoms with van der Waals surface area (Å²) in [5, 5.41) is 8.90. The number of aryl methyl sites for hydroxylation is 1. The Morgan fingerprint density at radius 3 is 2.70 bits per heavy atom. The smallest absolute Gasteiger partial charge is 0.335 e. The summed E-state index contributed by atoms with van der Waals surface area (Å²) in [7, 11) is 0. The molecule has 0 unspecified atom stereocenters. The fourth-order valence-electron chi connectivity index (χ4n) is 1.73. The fourth-order valence-corrected chi connectivity index (χ4v) is 2.10. The first-order valence-electron chi connectivity index (χ1n) is 5.88. The minimum atomic E-state index is -0.964. The van der Waals surface area contributed by atoms with Crippen molar-refractivity contribution >= 4 is 21.9 Å². The normalized spacial score (nSPS) is 10.3. The maximum absolute atomic E-state index is 13.1. The number of carboxylic acid groups (broad SMARTS) is 1. The molecule has 0 bridgehead atoms. The monoisotopic (exact) mass is 338 g/mol. The maximum atomic E-state index is 13.1. The van der Waals surface area contributed by atoms with Gasteiger partial charge in [-0.1, -0.05) is 6.07 Å². The molecule has 0 aliphatic carbocycles. The molecule has 0 fully saturated rings. The highest BCUT2D eigenvalue weighted by Gasteiger charge is 2.08. The van der Waals surface area contributed by atoms with E-state index in [-0.39, 0.29) is 18.0 Å². The molecule has 2 rings (SSSR count). The zero-order valence-corrected chi connectivity index (χ0v) is 12.3. The molecule has 0 radical (unpaired) electrons. The summed E-state index contributed by atoms with van der Waals surface area (Å²) >= 11 is 3.28. The molecule has 0 aliphatic rings. The minimum absolute atomic E-state index is 0.234. The average molecular weight is 339 g/mol. The zero-order valence-electron chi connectivity index (χ0n) is 10.7. The van der Waals surface area contributed by atoms with Crippen molar-refractivity contribution in [2.24, 2.45) is 0 Å². The minimum Gasteiger partial charge on any atom is -0.488 e. The lowest BCUT2D eigenvalue weighted by Gasteiger charge is -2.11. The van der Waals surface area contributed by atoms with Gasteiger partial charge in [0.2, 0.25) is 0 Å². The predicted octanol–water partition coefficient (Wildman–Crippen LogP) is 4.17. The molecule has 0 saturated heterocycles. The number of hydrogen-bond acceptors (Lipinski definition) is 2. The van der Waals surface area contributed by atoms with Crippen molar-refractivity contribution in [3.8, 4) is 5.75 Å². The van der Waals surface area contributed by atoms with Gasteiger partial charge in [0.1, 0.15) is 18.2 Å². The molecule has 0 aliphatic heterocycles. The summed E-state index contributed by atoms with van der Waals surface area (Å²) in [6.07, 6.45) is 0. The number of rotatable bonds is 4. The second-order valence-corrected chi connectivity index (χ2v) is 5.16. The lowest BCUT2D eigenvalue weighted by molar-refractivity contribution is 0.0696. The Morgan fingerprint density at radius 1 is 1.30 bits per heavy atom. The molecule has 0 saturated carbocycles. The molecule has 0 amide bonds. The highest BCUT2D eigenvalue weighted by atomic mass is 79.9. The van der Waals surface area contributed by atoms with Crippen LogP contribution in [0.1, 0.15) is 21.5 Å². The fraction of sp³-hybridized carbons (Fsp3) is 0.133. The molecule has 0 atom stereocenters. The van der Waals surface area contributed by atoms with Crippen LogP contribution in [0.2, 0.25) is 0 Å². The average Bonchev–Trinajstić information content (AvgIpc) is 2.40. The summed E-state index contributed by atoms with van der Waals surface area (Å²) in [5.41, 5.74) is 1.90. The van der Waals surface area contributed by atoms with E-state index < -0.39 is 5.97 Å². The molecule has 5 heteroatoms. The summed E-state index contributed by atoms with van der Waals surface area (Å²) in [6.45, 7) is 2.06. The largest absolute Gasteiger partial charge is 0.488 e. The number of aromatic carboxylic acids is 1. The van der Waals surface area contributed by atoms with Gasteiger partial charge in [0.05, 0.1) is 10.0 Å². The number of halogens is 2. The molecule has 0 aromatic heterocycles. The van der Waals surface area contributed by atoms with Gasteiger partial charge in [0, 0.05) is 6.07 Å². The number of benzene rings is 2. The lowest BCUT2D eigenvalue weighted by Crippen LogP contribution is -2.02. The summed E-state index contributed by atoms with van der Waals surface area (Å²) < 4.78 is 19.3. The van der Waals surface area contributed by atoms with Crippen LogP contribution in [-0.4, -0.2) is 11.1 Å². The number of carboxylic acids is 1. The van der Waals surface area contributed by atoms with Crippen molar-refractivity contribution in [1.82, 2.24) is 0 Å². The molecule has 2 aromatic carbocycles. The second-order valence-electron chi connectivity index (χ2n) is 4.31. The Labute approximate surface area is 124 Å². The van der Waals surface area contributed by atoms with Gasteiger partial charge in [0.25, 0.3) is 0 Å². The Morgan fingerprint density at radius 2 is 2.05 bits per heavy atom. The highest BCUT2D eigenvalue weighted by Crippen LogP contribution is 2.26. The van der Waals surface area contributed by atoms with Crippen LogP contribution in [0.25, 0.3) is 0 Å². The van der Waals surface area contributed by atoms with Crippen molar-refractivity contribution in [3.05, 3.63) is 63.4 Å². The molecule has 1 N–H and O–H groups in total. The van der Waals surface area contributed by atoms with Gasteiger partial charge < -0.3 is 9.84 Å². The second kappa shape index (κ2) is 6.05. The van der Waals surface area contributed by atoms with Gasteiger partial charge in [-0.25, -0.2) is 9.18 Å². The van der Waals surface area contributed by atoms with Gasteiger partial charge in [-0.2, -0.15) is 0 Å². The molecule has 0 spiro atoms. The van der Waals surface area contributed by atoms with Gasteiger partial charge in [-0.15, -0.1) is 0 Å². The van der Waals surface area contributed by atoms with E-state index in [0.29, 0.717) is 10.2 Å². The summed E-state index contributed by atoms with van der Waals surface area (Å²) in [6, 6.07) is 9.02. The third-order valence-corrected chi connectivity index (χ3v) is 3.52. The van der Waals surface area contributed by atoms with Gasteiger partial charge >= 0.3 is 5.97 Å². The van der Waals surface area contributed by atoms with Crippen LogP contribution < -0.4 is 4.74 Å². The van der Waals surface area contributed by atoms with Gasteiger partial charge in [0.15, 0.2) is 0 Å². The van der Waals surface area contributed by atoms with Crippen LogP contribution in [0.3, 0.4) is 0 Å². The van der Waals surface area contributed by atoms with E-state index in [1.165, 1.54) is 18.2 Å². The molecule has 104 valence electrons. The quantitative estimate of drug-likeness (QED) is 0.909. The first-order valence-corrected chi connectivity index (χ1v) is 6.67. The standard InChI is InChI=1S/C15H12BrFO3/c1-9-6-10(15(18)19)2-3-11(9)8-20-14-7-12(17)4-5-13(14)16/h2-7H,8H2,1H3,(H,18,19). The summed E-state index contributed by atoms with van der Waals surface area (Å²) in [4.78, 5) is 10.8. The van der Waals surface area contributed by atoms with Crippen molar-refractivity contribution < 1.29 is 19.0 Å². The summed E-state index contributed by atoms with van der Waals surface area (Å²) in [5.74, 6) is -0.929. The van der Waals surface area contributed by atoms with Crippen molar-refractivity contribution in [1.29, 1.82) is 0 Å². The van der Waals surface area contributed by atoms with E-state index in [1.807, 2.05) is 6.92 Å². The van der Waals surface area contributed by atoms with Crippen molar-refractivity contribution in [2.45, 2.75) is 13.5 Å². The molecule has 0 heterocycles. The lowest BCUT2D eigenvalue weighted by atomic mass is 10.1. The van der Waals surface area contributed by atoms with E-state index >= 15 is 0 Å². The first-order chi connectivity index (χ1) is 9.47.